The van der Waals surface area contributed by atoms with Crippen LogP contribution in [0.1, 0.15) is 23.6 Å². The van der Waals surface area contributed by atoms with E-state index in [1.165, 1.54) is 5.01 Å². The van der Waals surface area contributed by atoms with Gasteiger partial charge in [0.2, 0.25) is 5.91 Å². The number of carbonyl (C=O) groups is 3. The molecule has 0 aliphatic carbocycles. The van der Waals surface area contributed by atoms with Crippen LogP contribution in [0, 0.1) is 0 Å². The van der Waals surface area contributed by atoms with Gasteiger partial charge in [0.15, 0.2) is 11.5 Å². The first-order valence-corrected chi connectivity index (χ1v) is 10.6. The lowest BCUT2D eigenvalue weighted by molar-refractivity contribution is -0.137. The van der Waals surface area contributed by atoms with Gasteiger partial charge < -0.3 is 9.47 Å². The van der Waals surface area contributed by atoms with Crippen molar-refractivity contribution in [3.05, 3.63) is 59.7 Å². The van der Waals surface area contributed by atoms with Gasteiger partial charge in [0.1, 0.15) is 6.54 Å². The first-order chi connectivity index (χ1) is 15.0. The van der Waals surface area contributed by atoms with Gasteiger partial charge in [-0.3, -0.25) is 19.3 Å². The first kappa shape index (κ1) is 20.9. The zero-order valence-electron chi connectivity index (χ0n) is 17.1. The highest BCUT2D eigenvalue weighted by atomic mass is 32.2. The number of amides is 3. The molecule has 1 atom stereocenters. The van der Waals surface area contributed by atoms with Gasteiger partial charge in [-0.1, -0.05) is 48.2 Å². The van der Waals surface area contributed by atoms with Gasteiger partial charge in [0, 0.05) is 6.42 Å². The third-order valence-corrected chi connectivity index (χ3v) is 6.06. The molecule has 0 aromatic heterocycles. The SMILES string of the molecule is COc1ccc(C2CC(c3ccccc3)=NN2C(=O)CN2C(=O)CSC2=O)cc1OC. The maximum atomic E-state index is 13.1. The van der Waals surface area contributed by atoms with Crippen molar-refractivity contribution >= 4 is 34.5 Å². The summed E-state index contributed by atoms with van der Waals surface area (Å²) in [4.78, 5) is 38.1. The topological polar surface area (TPSA) is 88.5 Å². The average molecular weight is 439 g/mol. The quantitative estimate of drug-likeness (QED) is 0.687. The highest BCUT2D eigenvalue weighted by Crippen LogP contribution is 2.37. The van der Waals surface area contributed by atoms with Crippen LogP contribution >= 0.6 is 11.8 Å². The summed E-state index contributed by atoms with van der Waals surface area (Å²) in [5, 5.41) is 5.54. The number of imide groups is 1. The number of rotatable bonds is 6. The number of hydrogen-bond donors (Lipinski definition) is 0. The minimum absolute atomic E-state index is 0.0593. The second kappa shape index (κ2) is 8.81. The van der Waals surface area contributed by atoms with E-state index in [2.05, 4.69) is 5.10 Å². The van der Waals surface area contributed by atoms with Crippen molar-refractivity contribution in [3.8, 4) is 11.5 Å². The Bertz CT molecular complexity index is 1040. The Hall–Kier alpha value is -3.33. The summed E-state index contributed by atoms with van der Waals surface area (Å²) in [6.45, 7) is -0.333. The smallest absolute Gasteiger partial charge is 0.289 e. The molecule has 8 nitrogen and oxygen atoms in total. The molecule has 2 heterocycles. The minimum Gasteiger partial charge on any atom is -0.493 e. The van der Waals surface area contributed by atoms with E-state index in [4.69, 9.17) is 9.47 Å². The van der Waals surface area contributed by atoms with E-state index >= 15 is 0 Å². The number of carbonyl (C=O) groups excluding carboxylic acids is 3. The molecule has 2 aliphatic rings. The Morgan fingerprint density at radius 3 is 2.48 bits per heavy atom. The molecule has 1 unspecified atom stereocenters. The van der Waals surface area contributed by atoms with Crippen LogP contribution in [0.25, 0.3) is 0 Å². The number of benzene rings is 2. The lowest BCUT2D eigenvalue weighted by Crippen LogP contribution is -2.40. The second-order valence-electron chi connectivity index (χ2n) is 7.02. The van der Waals surface area contributed by atoms with Gasteiger partial charge in [0.05, 0.1) is 31.7 Å². The van der Waals surface area contributed by atoms with E-state index in [9.17, 15) is 14.4 Å². The molecule has 2 aromatic rings. The second-order valence-corrected chi connectivity index (χ2v) is 7.95. The zero-order valence-corrected chi connectivity index (χ0v) is 17.9. The van der Waals surface area contributed by atoms with Crippen LogP contribution in [0.2, 0.25) is 0 Å². The van der Waals surface area contributed by atoms with E-state index in [0.29, 0.717) is 17.9 Å². The van der Waals surface area contributed by atoms with E-state index in [1.807, 2.05) is 42.5 Å². The van der Waals surface area contributed by atoms with Crippen LogP contribution in [0.4, 0.5) is 4.79 Å². The summed E-state index contributed by atoms with van der Waals surface area (Å²) >= 11 is 0.902. The summed E-state index contributed by atoms with van der Waals surface area (Å²) < 4.78 is 10.7. The van der Waals surface area contributed by atoms with Crippen LogP contribution in [0.15, 0.2) is 53.6 Å². The fourth-order valence-electron chi connectivity index (χ4n) is 3.61. The van der Waals surface area contributed by atoms with Crippen molar-refractivity contribution in [2.75, 3.05) is 26.5 Å². The van der Waals surface area contributed by atoms with E-state index in [-0.39, 0.29) is 18.2 Å². The number of thioether (sulfide) groups is 1. The highest BCUT2D eigenvalue weighted by molar-refractivity contribution is 8.14. The summed E-state index contributed by atoms with van der Waals surface area (Å²) in [6, 6.07) is 14.7. The van der Waals surface area contributed by atoms with Crippen molar-refractivity contribution in [2.24, 2.45) is 5.10 Å². The summed E-state index contributed by atoms with van der Waals surface area (Å²) in [5.74, 6) is 0.398. The molecule has 0 N–H and O–H groups in total. The molecule has 4 rings (SSSR count). The van der Waals surface area contributed by atoms with Crippen LogP contribution in [0.5, 0.6) is 11.5 Å². The zero-order chi connectivity index (χ0) is 22.0. The molecule has 2 aromatic carbocycles. The fourth-order valence-corrected chi connectivity index (χ4v) is 4.33. The van der Waals surface area contributed by atoms with Gasteiger partial charge in [0.25, 0.3) is 11.1 Å². The number of ether oxygens (including phenoxy) is 2. The Kier molecular flexibility index (Phi) is 5.94. The molecule has 0 bridgehead atoms. The number of hydrogen-bond acceptors (Lipinski definition) is 7. The van der Waals surface area contributed by atoms with Crippen molar-refractivity contribution in [3.63, 3.8) is 0 Å². The highest BCUT2D eigenvalue weighted by Gasteiger charge is 2.38. The molecular weight excluding hydrogens is 418 g/mol. The Morgan fingerprint density at radius 2 is 1.84 bits per heavy atom. The molecular formula is C22H21N3O5S. The number of hydrazone groups is 1. The standard InChI is InChI=1S/C22H21N3O5S/c1-29-18-9-8-15(10-19(18)30-2)17-11-16(14-6-4-3-5-7-14)23-25(17)20(26)12-24-21(27)13-31-22(24)28/h3-10,17H,11-13H2,1-2H3. The molecule has 0 saturated carbocycles. The van der Waals surface area contributed by atoms with Gasteiger partial charge in [-0.2, -0.15) is 5.10 Å². The molecule has 2 aliphatic heterocycles. The van der Waals surface area contributed by atoms with Gasteiger partial charge in [-0.15, -0.1) is 0 Å². The molecule has 1 fully saturated rings. The molecule has 3 amide bonds. The molecule has 160 valence electrons. The Balaban J connectivity index is 1.67. The minimum atomic E-state index is -0.421. The summed E-state index contributed by atoms with van der Waals surface area (Å²) in [7, 11) is 3.11. The maximum absolute atomic E-state index is 13.1. The van der Waals surface area contributed by atoms with Crippen LogP contribution in [-0.4, -0.2) is 59.2 Å². The third kappa shape index (κ3) is 4.13. The van der Waals surface area contributed by atoms with Crippen LogP contribution < -0.4 is 9.47 Å². The lowest BCUT2D eigenvalue weighted by Gasteiger charge is -2.24. The first-order valence-electron chi connectivity index (χ1n) is 9.66. The molecule has 1 saturated heterocycles. The van der Waals surface area contributed by atoms with Crippen molar-refractivity contribution in [2.45, 2.75) is 12.5 Å². The Morgan fingerprint density at radius 1 is 1.10 bits per heavy atom. The Labute approximate surface area is 183 Å². The fraction of sp³-hybridized carbons (Fsp3) is 0.273. The largest absolute Gasteiger partial charge is 0.493 e. The van der Waals surface area contributed by atoms with E-state index in [1.54, 1.807) is 20.3 Å². The van der Waals surface area contributed by atoms with Crippen molar-refractivity contribution < 1.29 is 23.9 Å². The van der Waals surface area contributed by atoms with Crippen LogP contribution in [-0.2, 0) is 9.59 Å². The predicted octanol–water partition coefficient (Wildman–Crippen LogP) is 3.08. The molecule has 0 spiro atoms. The average Bonchev–Trinajstić information content (AvgIpc) is 3.38. The molecule has 0 radical (unpaired) electrons. The van der Waals surface area contributed by atoms with Gasteiger partial charge in [-0.05, 0) is 23.3 Å². The van der Waals surface area contributed by atoms with Gasteiger partial charge in [-0.25, -0.2) is 5.01 Å². The van der Waals surface area contributed by atoms with E-state index in [0.717, 1.165) is 33.5 Å². The van der Waals surface area contributed by atoms with Crippen molar-refractivity contribution in [1.82, 2.24) is 9.91 Å². The lowest BCUT2D eigenvalue weighted by atomic mass is 9.98. The molecule has 31 heavy (non-hydrogen) atoms. The summed E-state index contributed by atoms with van der Waals surface area (Å²) in [5.41, 5.74) is 2.48. The molecule has 9 heteroatoms. The normalized spacial score (nSPS) is 18.4. The van der Waals surface area contributed by atoms with Crippen LogP contribution in [0.3, 0.4) is 0 Å². The predicted molar refractivity (Wildman–Crippen MR) is 116 cm³/mol. The third-order valence-electron chi connectivity index (χ3n) is 5.20. The monoisotopic (exact) mass is 439 g/mol. The number of methoxy groups -OCH3 is 2. The number of nitrogens with zero attached hydrogens (tertiary/aromatic N) is 3. The van der Waals surface area contributed by atoms with E-state index < -0.39 is 17.2 Å². The maximum Gasteiger partial charge on any atom is 0.289 e. The summed E-state index contributed by atoms with van der Waals surface area (Å²) in [6.07, 6.45) is 0.488. The van der Waals surface area contributed by atoms with Gasteiger partial charge >= 0.3 is 0 Å². The van der Waals surface area contributed by atoms with Crippen molar-refractivity contribution in [1.29, 1.82) is 0 Å².